The number of aliphatic imine (C=N–C) groups is 1. The first-order chi connectivity index (χ1) is 12.3. The maximum Gasteiger partial charge on any atom is 0.330 e. The molecule has 0 aliphatic heterocycles. The van der Waals surface area contributed by atoms with Gasteiger partial charge in [0.1, 0.15) is 6.04 Å². The molecular weight excluding hydrogens is 317 g/mol. The summed E-state index contributed by atoms with van der Waals surface area (Å²) in [6.07, 6.45) is 1.50. The van der Waals surface area contributed by atoms with Gasteiger partial charge in [0.05, 0.1) is 19.0 Å². The first kappa shape index (κ1) is 18.8. The van der Waals surface area contributed by atoms with Crippen molar-refractivity contribution < 1.29 is 13.9 Å². The summed E-state index contributed by atoms with van der Waals surface area (Å²) in [7, 11) is 0. The molecule has 0 heterocycles. The van der Waals surface area contributed by atoms with Crippen molar-refractivity contribution in [2.75, 3.05) is 13.3 Å². The zero-order valence-electron chi connectivity index (χ0n) is 14.5. The van der Waals surface area contributed by atoms with E-state index in [1.165, 1.54) is 0 Å². The summed E-state index contributed by atoms with van der Waals surface area (Å²) >= 11 is 0. The van der Waals surface area contributed by atoms with Crippen LogP contribution in [0.5, 0.6) is 0 Å². The summed E-state index contributed by atoms with van der Waals surface area (Å²) in [5.41, 5.74) is 2.63. The Kier molecular flexibility index (Phi) is 7.83. The summed E-state index contributed by atoms with van der Waals surface area (Å²) in [5.74, 6) is -0.356. The summed E-state index contributed by atoms with van der Waals surface area (Å²) in [5, 5.41) is 0. The molecule has 0 saturated carbocycles. The molecule has 25 heavy (non-hydrogen) atoms. The third-order valence-corrected chi connectivity index (χ3v) is 3.80. The molecular formula is C21H24FNO2. The topological polar surface area (TPSA) is 38.7 Å². The molecule has 0 saturated heterocycles. The van der Waals surface area contributed by atoms with E-state index in [1.54, 1.807) is 6.92 Å². The van der Waals surface area contributed by atoms with Crippen molar-refractivity contribution in [1.82, 2.24) is 0 Å². The highest BCUT2D eigenvalue weighted by molar-refractivity contribution is 6.13. The predicted octanol–water partition coefficient (Wildman–Crippen LogP) is 4.60. The largest absolute Gasteiger partial charge is 0.464 e. The molecule has 0 aliphatic carbocycles. The molecule has 0 radical (unpaired) electrons. The predicted molar refractivity (Wildman–Crippen MR) is 98.8 cm³/mol. The molecule has 0 spiro atoms. The third-order valence-electron chi connectivity index (χ3n) is 3.80. The van der Waals surface area contributed by atoms with Crippen LogP contribution in [-0.2, 0) is 9.53 Å². The molecule has 0 fully saturated rings. The lowest BCUT2D eigenvalue weighted by molar-refractivity contribution is -0.144. The van der Waals surface area contributed by atoms with Gasteiger partial charge in [-0.1, -0.05) is 60.7 Å². The Bertz CT molecular complexity index is 629. The molecule has 2 aromatic carbocycles. The number of rotatable bonds is 9. The van der Waals surface area contributed by atoms with E-state index in [4.69, 9.17) is 9.73 Å². The van der Waals surface area contributed by atoms with Gasteiger partial charge in [-0.05, 0) is 26.2 Å². The first-order valence-corrected chi connectivity index (χ1v) is 8.67. The molecule has 0 aromatic heterocycles. The lowest BCUT2D eigenvalue weighted by atomic mass is 10.0. The summed E-state index contributed by atoms with van der Waals surface area (Å²) in [4.78, 5) is 17.0. The number of nitrogens with zero attached hydrogens (tertiary/aromatic N) is 1. The van der Waals surface area contributed by atoms with Crippen molar-refractivity contribution in [2.45, 2.75) is 32.2 Å². The van der Waals surface area contributed by atoms with Crippen LogP contribution in [0, 0.1) is 0 Å². The van der Waals surface area contributed by atoms with Crippen molar-refractivity contribution in [1.29, 1.82) is 0 Å². The fourth-order valence-electron chi connectivity index (χ4n) is 2.57. The van der Waals surface area contributed by atoms with Gasteiger partial charge in [0.25, 0.3) is 0 Å². The quantitative estimate of drug-likeness (QED) is 0.380. The lowest BCUT2D eigenvalue weighted by Gasteiger charge is -2.15. The Morgan fingerprint density at radius 3 is 2.04 bits per heavy atom. The molecule has 4 heteroatoms. The van der Waals surface area contributed by atoms with Gasteiger partial charge >= 0.3 is 5.97 Å². The van der Waals surface area contributed by atoms with Crippen LogP contribution in [0.1, 0.15) is 37.3 Å². The number of carbonyl (C=O) groups is 1. The minimum atomic E-state index is -0.623. The van der Waals surface area contributed by atoms with Crippen molar-refractivity contribution in [3.8, 4) is 0 Å². The van der Waals surface area contributed by atoms with Gasteiger partial charge in [-0.25, -0.2) is 4.79 Å². The van der Waals surface area contributed by atoms with Gasteiger partial charge in [0.2, 0.25) is 0 Å². The fraction of sp³-hybridized carbons (Fsp3) is 0.333. The van der Waals surface area contributed by atoms with Crippen LogP contribution in [0.4, 0.5) is 4.39 Å². The van der Waals surface area contributed by atoms with E-state index in [1.807, 2.05) is 60.7 Å². The zero-order chi connectivity index (χ0) is 17.9. The Labute approximate surface area is 148 Å². The molecule has 132 valence electrons. The van der Waals surface area contributed by atoms with Crippen LogP contribution < -0.4 is 0 Å². The van der Waals surface area contributed by atoms with Gasteiger partial charge in [-0.3, -0.25) is 9.38 Å². The van der Waals surface area contributed by atoms with Gasteiger partial charge in [0.15, 0.2) is 0 Å². The van der Waals surface area contributed by atoms with Crippen molar-refractivity contribution in [2.24, 2.45) is 4.99 Å². The van der Waals surface area contributed by atoms with E-state index in [9.17, 15) is 9.18 Å². The zero-order valence-corrected chi connectivity index (χ0v) is 14.5. The normalized spacial score (nSPS) is 11.6. The summed E-state index contributed by atoms with van der Waals surface area (Å²) in [6.45, 7) is 1.69. The first-order valence-electron chi connectivity index (χ1n) is 8.67. The van der Waals surface area contributed by atoms with Crippen LogP contribution in [-0.4, -0.2) is 31.0 Å². The molecule has 2 aromatic rings. The van der Waals surface area contributed by atoms with E-state index in [0.717, 1.165) is 16.8 Å². The number of carbonyl (C=O) groups excluding carboxylic acids is 1. The maximum atomic E-state index is 12.4. The molecule has 0 amide bonds. The van der Waals surface area contributed by atoms with E-state index < -0.39 is 6.04 Å². The Morgan fingerprint density at radius 2 is 1.56 bits per heavy atom. The average Bonchev–Trinajstić information content (AvgIpc) is 2.66. The minimum absolute atomic E-state index is 0.306. The Morgan fingerprint density at radius 1 is 1.00 bits per heavy atom. The second kappa shape index (κ2) is 10.4. The maximum absolute atomic E-state index is 12.4. The van der Waals surface area contributed by atoms with E-state index >= 15 is 0 Å². The molecule has 2 rings (SSSR count). The fourth-order valence-corrected chi connectivity index (χ4v) is 2.57. The van der Waals surface area contributed by atoms with Crippen molar-refractivity contribution >= 4 is 11.7 Å². The van der Waals surface area contributed by atoms with Gasteiger partial charge in [0, 0.05) is 11.1 Å². The smallest absolute Gasteiger partial charge is 0.330 e. The minimum Gasteiger partial charge on any atom is -0.464 e. The number of halogens is 1. The molecule has 0 N–H and O–H groups in total. The SMILES string of the molecule is CCOC(=O)C(CCCCF)N=C(c1ccccc1)c1ccccc1. The Hall–Kier alpha value is -2.49. The molecule has 0 bridgehead atoms. The molecule has 0 aliphatic rings. The number of benzene rings is 2. The summed E-state index contributed by atoms with van der Waals surface area (Å²) < 4.78 is 17.6. The second-order valence-electron chi connectivity index (χ2n) is 5.66. The number of unbranched alkanes of at least 4 members (excludes halogenated alkanes) is 1. The molecule has 1 unspecified atom stereocenters. The Balaban J connectivity index is 2.38. The molecule has 1 atom stereocenters. The van der Waals surface area contributed by atoms with Crippen LogP contribution in [0.3, 0.4) is 0 Å². The average molecular weight is 341 g/mol. The van der Waals surface area contributed by atoms with Crippen molar-refractivity contribution in [3.63, 3.8) is 0 Å². The van der Waals surface area contributed by atoms with Gasteiger partial charge in [-0.2, -0.15) is 0 Å². The second-order valence-corrected chi connectivity index (χ2v) is 5.66. The number of hydrogen-bond donors (Lipinski definition) is 0. The van der Waals surface area contributed by atoms with Crippen molar-refractivity contribution in [3.05, 3.63) is 71.8 Å². The highest BCUT2D eigenvalue weighted by Gasteiger charge is 2.20. The number of hydrogen-bond acceptors (Lipinski definition) is 3. The number of ether oxygens (including phenoxy) is 1. The van der Waals surface area contributed by atoms with Gasteiger partial charge in [-0.15, -0.1) is 0 Å². The van der Waals surface area contributed by atoms with E-state index in [2.05, 4.69) is 0 Å². The van der Waals surface area contributed by atoms with Crippen LogP contribution in [0.2, 0.25) is 0 Å². The third kappa shape index (κ3) is 5.82. The van der Waals surface area contributed by atoms with E-state index in [0.29, 0.717) is 25.9 Å². The standard InChI is InChI=1S/C21H24FNO2/c1-2-25-21(24)19(15-9-10-16-22)23-20(17-11-5-3-6-12-17)18-13-7-4-8-14-18/h3-8,11-14,19H,2,9-10,15-16H2,1H3. The lowest BCUT2D eigenvalue weighted by Crippen LogP contribution is -2.24. The summed E-state index contributed by atoms with van der Waals surface area (Å²) in [6, 6.07) is 18.9. The van der Waals surface area contributed by atoms with Crippen LogP contribution in [0.15, 0.2) is 65.7 Å². The van der Waals surface area contributed by atoms with Crippen LogP contribution in [0.25, 0.3) is 0 Å². The highest BCUT2D eigenvalue weighted by Crippen LogP contribution is 2.15. The van der Waals surface area contributed by atoms with Crippen LogP contribution >= 0.6 is 0 Å². The van der Waals surface area contributed by atoms with Gasteiger partial charge < -0.3 is 4.74 Å². The number of alkyl halides is 1. The monoisotopic (exact) mass is 341 g/mol. The van der Waals surface area contributed by atoms with E-state index in [-0.39, 0.29) is 12.6 Å². The number of esters is 1. The molecule has 3 nitrogen and oxygen atoms in total. The highest BCUT2D eigenvalue weighted by atomic mass is 19.1.